The molecule has 0 fully saturated rings. The molecule has 4 heteroatoms. The molecule has 0 saturated carbocycles. The molecule has 1 unspecified atom stereocenters. The van der Waals surface area contributed by atoms with E-state index in [1.807, 2.05) is 6.92 Å². The van der Waals surface area contributed by atoms with E-state index in [1.54, 1.807) is 0 Å². The molecule has 1 heterocycles. The molecular weight excluding hydrogens is 188 g/mol. The average Bonchev–Trinajstić information content (AvgIpc) is 2.47. The molecule has 1 aliphatic rings. The molecular formula is C9H11ClN2O. The van der Waals surface area contributed by atoms with Gasteiger partial charge in [0.05, 0.1) is 5.69 Å². The third kappa shape index (κ3) is 1.48. The topological polar surface area (TPSA) is 45.8 Å². The maximum absolute atomic E-state index is 11.0. The first kappa shape index (κ1) is 8.75. The smallest absolute Gasteiger partial charge is 0.225 e. The largest absolute Gasteiger partial charge is 0.282 e. The fraction of sp³-hybridized carbons (Fsp3) is 0.556. The van der Waals surface area contributed by atoms with E-state index in [-0.39, 0.29) is 11.2 Å². The second kappa shape index (κ2) is 3.14. The molecule has 1 atom stereocenters. The summed E-state index contributed by atoms with van der Waals surface area (Å²) < 4.78 is 0. The van der Waals surface area contributed by atoms with Crippen molar-refractivity contribution in [3.63, 3.8) is 0 Å². The first-order valence-electron chi connectivity index (χ1n) is 4.40. The zero-order valence-corrected chi connectivity index (χ0v) is 8.19. The molecule has 70 valence electrons. The highest BCUT2D eigenvalue weighted by atomic mass is 35.5. The third-order valence-corrected chi connectivity index (χ3v) is 2.98. The SMILES string of the molecule is Cc1n[nH]c2c1CC(C(=O)Cl)CC2. The minimum Gasteiger partial charge on any atom is -0.282 e. The van der Waals surface area contributed by atoms with Crippen LogP contribution in [0.25, 0.3) is 0 Å². The number of nitrogens with zero attached hydrogens (tertiary/aromatic N) is 1. The maximum Gasteiger partial charge on any atom is 0.225 e. The molecule has 0 amide bonds. The quantitative estimate of drug-likeness (QED) is 0.697. The van der Waals surface area contributed by atoms with Crippen LogP contribution in [0, 0.1) is 12.8 Å². The summed E-state index contributed by atoms with van der Waals surface area (Å²) in [5.74, 6) is -0.00883. The molecule has 1 aromatic rings. The van der Waals surface area contributed by atoms with Crippen molar-refractivity contribution in [2.24, 2.45) is 5.92 Å². The number of nitrogens with one attached hydrogen (secondary N) is 1. The Bertz CT molecular complexity index is 345. The second-order valence-electron chi connectivity index (χ2n) is 3.51. The van der Waals surface area contributed by atoms with Crippen molar-refractivity contribution in [3.05, 3.63) is 17.0 Å². The van der Waals surface area contributed by atoms with E-state index in [4.69, 9.17) is 11.6 Å². The van der Waals surface area contributed by atoms with Crippen LogP contribution < -0.4 is 0 Å². The van der Waals surface area contributed by atoms with Crippen LogP contribution in [0.15, 0.2) is 0 Å². The van der Waals surface area contributed by atoms with Gasteiger partial charge in [-0.3, -0.25) is 9.89 Å². The molecule has 0 radical (unpaired) electrons. The number of fused-ring (bicyclic) bond motifs is 1. The molecule has 13 heavy (non-hydrogen) atoms. The van der Waals surface area contributed by atoms with Crippen molar-refractivity contribution < 1.29 is 4.79 Å². The predicted molar refractivity (Wildman–Crippen MR) is 49.7 cm³/mol. The summed E-state index contributed by atoms with van der Waals surface area (Å²) in [6.45, 7) is 1.95. The Morgan fingerprint density at radius 1 is 1.69 bits per heavy atom. The summed E-state index contributed by atoms with van der Waals surface area (Å²) in [6, 6.07) is 0. The van der Waals surface area contributed by atoms with Gasteiger partial charge in [0.1, 0.15) is 0 Å². The molecule has 0 aromatic carbocycles. The zero-order valence-electron chi connectivity index (χ0n) is 7.43. The van der Waals surface area contributed by atoms with E-state index < -0.39 is 0 Å². The number of carbonyl (C=O) groups is 1. The molecule has 0 spiro atoms. The van der Waals surface area contributed by atoms with E-state index in [0.29, 0.717) is 0 Å². The lowest BCUT2D eigenvalue weighted by Gasteiger charge is -2.18. The number of aromatic amines is 1. The Hall–Kier alpha value is -0.830. The van der Waals surface area contributed by atoms with Crippen molar-refractivity contribution in [1.29, 1.82) is 0 Å². The van der Waals surface area contributed by atoms with Gasteiger partial charge < -0.3 is 0 Å². The number of H-pyrrole nitrogens is 1. The summed E-state index contributed by atoms with van der Waals surface area (Å²) in [7, 11) is 0. The van der Waals surface area contributed by atoms with Gasteiger partial charge in [-0.15, -0.1) is 0 Å². The maximum atomic E-state index is 11.0. The van der Waals surface area contributed by atoms with E-state index in [1.165, 1.54) is 11.3 Å². The van der Waals surface area contributed by atoms with Gasteiger partial charge in [0.2, 0.25) is 5.24 Å². The molecule has 1 N–H and O–H groups in total. The minimum absolute atomic E-state index is 0.00883. The van der Waals surface area contributed by atoms with Crippen molar-refractivity contribution in [1.82, 2.24) is 10.2 Å². The average molecular weight is 199 g/mol. The van der Waals surface area contributed by atoms with E-state index in [2.05, 4.69) is 10.2 Å². The van der Waals surface area contributed by atoms with Crippen LogP contribution in [0.1, 0.15) is 23.4 Å². The van der Waals surface area contributed by atoms with E-state index in [9.17, 15) is 4.79 Å². The summed E-state index contributed by atoms with van der Waals surface area (Å²) in [5, 5.41) is 6.88. The van der Waals surface area contributed by atoms with Gasteiger partial charge in [0.15, 0.2) is 0 Å². The minimum atomic E-state index is -0.216. The second-order valence-corrected chi connectivity index (χ2v) is 3.88. The van der Waals surface area contributed by atoms with Crippen LogP contribution in [-0.2, 0) is 17.6 Å². The number of carbonyl (C=O) groups excluding carboxylic acids is 1. The number of halogens is 1. The summed E-state index contributed by atoms with van der Waals surface area (Å²) >= 11 is 5.47. The lowest BCUT2D eigenvalue weighted by molar-refractivity contribution is -0.115. The molecule has 2 rings (SSSR count). The highest BCUT2D eigenvalue weighted by molar-refractivity contribution is 6.64. The first-order chi connectivity index (χ1) is 6.18. The molecule has 0 saturated heterocycles. The number of aryl methyl sites for hydroxylation is 2. The normalized spacial score (nSPS) is 21.2. The fourth-order valence-electron chi connectivity index (χ4n) is 1.84. The van der Waals surface area contributed by atoms with Crippen molar-refractivity contribution in [3.8, 4) is 0 Å². The number of rotatable bonds is 1. The Labute approximate surface area is 81.5 Å². The molecule has 0 bridgehead atoms. The van der Waals surface area contributed by atoms with Gasteiger partial charge in [0.25, 0.3) is 0 Å². The van der Waals surface area contributed by atoms with Gasteiger partial charge in [-0.2, -0.15) is 5.10 Å². The van der Waals surface area contributed by atoms with Gasteiger partial charge in [-0.1, -0.05) is 0 Å². The fourth-order valence-corrected chi connectivity index (χ4v) is 2.03. The Morgan fingerprint density at radius 2 is 2.46 bits per heavy atom. The highest BCUT2D eigenvalue weighted by Crippen LogP contribution is 2.27. The molecule has 0 aliphatic heterocycles. The van der Waals surface area contributed by atoms with Gasteiger partial charge in [-0.25, -0.2) is 0 Å². The summed E-state index contributed by atoms with van der Waals surface area (Å²) in [5.41, 5.74) is 3.36. The Balaban J connectivity index is 2.27. The van der Waals surface area contributed by atoms with Crippen LogP contribution in [0.4, 0.5) is 0 Å². The summed E-state index contributed by atoms with van der Waals surface area (Å²) in [4.78, 5) is 11.0. The van der Waals surface area contributed by atoms with Gasteiger partial charge in [-0.05, 0) is 43.4 Å². The lowest BCUT2D eigenvalue weighted by Crippen LogP contribution is -2.19. The number of aromatic nitrogens is 2. The standard InChI is InChI=1S/C9H11ClN2O/c1-5-7-4-6(9(10)13)2-3-8(7)12-11-5/h6H,2-4H2,1H3,(H,11,12). The van der Waals surface area contributed by atoms with Gasteiger partial charge >= 0.3 is 0 Å². The zero-order chi connectivity index (χ0) is 9.42. The summed E-state index contributed by atoms with van der Waals surface area (Å²) in [6.07, 6.45) is 2.48. The third-order valence-electron chi connectivity index (χ3n) is 2.67. The van der Waals surface area contributed by atoms with Crippen LogP contribution in [-0.4, -0.2) is 15.4 Å². The van der Waals surface area contributed by atoms with Gasteiger partial charge in [0, 0.05) is 11.6 Å². The lowest BCUT2D eigenvalue weighted by atomic mass is 9.87. The van der Waals surface area contributed by atoms with Crippen molar-refractivity contribution in [2.45, 2.75) is 26.2 Å². The van der Waals surface area contributed by atoms with Crippen molar-refractivity contribution in [2.75, 3.05) is 0 Å². The Morgan fingerprint density at radius 3 is 3.15 bits per heavy atom. The molecule has 1 aromatic heterocycles. The first-order valence-corrected chi connectivity index (χ1v) is 4.78. The number of hydrogen-bond acceptors (Lipinski definition) is 2. The predicted octanol–water partition coefficient (Wildman–Crippen LogP) is 1.59. The number of hydrogen-bond donors (Lipinski definition) is 1. The van der Waals surface area contributed by atoms with E-state index in [0.717, 1.165) is 25.0 Å². The Kier molecular flexibility index (Phi) is 2.12. The van der Waals surface area contributed by atoms with Crippen molar-refractivity contribution >= 4 is 16.8 Å². The highest BCUT2D eigenvalue weighted by Gasteiger charge is 2.25. The monoisotopic (exact) mass is 198 g/mol. The van der Waals surface area contributed by atoms with Crippen LogP contribution >= 0.6 is 11.6 Å². The van der Waals surface area contributed by atoms with Crippen LogP contribution in [0.5, 0.6) is 0 Å². The molecule has 3 nitrogen and oxygen atoms in total. The van der Waals surface area contributed by atoms with Crippen LogP contribution in [0.3, 0.4) is 0 Å². The van der Waals surface area contributed by atoms with E-state index >= 15 is 0 Å². The van der Waals surface area contributed by atoms with Crippen LogP contribution in [0.2, 0.25) is 0 Å². The molecule has 1 aliphatic carbocycles.